The van der Waals surface area contributed by atoms with E-state index in [2.05, 4.69) is 5.32 Å². The Hall–Kier alpha value is -1.75. The third kappa shape index (κ3) is 3.35. The van der Waals surface area contributed by atoms with Crippen molar-refractivity contribution in [1.29, 1.82) is 0 Å². The maximum Gasteiger partial charge on any atom is 0.255 e. The number of methoxy groups -OCH3 is 1. The van der Waals surface area contributed by atoms with E-state index < -0.39 is 0 Å². The van der Waals surface area contributed by atoms with Crippen LogP contribution < -0.4 is 15.8 Å². The molecule has 1 rings (SSSR count). The predicted octanol–water partition coefficient (Wildman–Crippen LogP) is 0.778. The molecule has 0 aliphatic rings. The molecule has 1 amide bonds. The number of aliphatic hydroxyl groups is 1. The summed E-state index contributed by atoms with van der Waals surface area (Å²) in [6.45, 7) is 1.80. The van der Waals surface area contributed by atoms with Gasteiger partial charge in [-0.2, -0.15) is 0 Å². The van der Waals surface area contributed by atoms with Crippen LogP contribution in [0, 0.1) is 0 Å². The van der Waals surface area contributed by atoms with E-state index in [9.17, 15) is 4.79 Å². The van der Waals surface area contributed by atoms with Crippen LogP contribution in [0.3, 0.4) is 0 Å². The van der Waals surface area contributed by atoms with Gasteiger partial charge in [-0.1, -0.05) is 6.92 Å². The summed E-state index contributed by atoms with van der Waals surface area (Å²) >= 11 is 0. The van der Waals surface area contributed by atoms with Crippen molar-refractivity contribution in [2.75, 3.05) is 19.5 Å². The van der Waals surface area contributed by atoms with Crippen LogP contribution in [0.2, 0.25) is 0 Å². The highest BCUT2D eigenvalue weighted by Crippen LogP contribution is 2.21. The summed E-state index contributed by atoms with van der Waals surface area (Å²) in [5.74, 6) is 0.166. The number of nitrogen functional groups attached to an aromatic ring is 1. The number of hydrogen-bond donors (Lipinski definition) is 3. The quantitative estimate of drug-likeness (QED) is 0.662. The van der Waals surface area contributed by atoms with Crippen LogP contribution in [0.1, 0.15) is 23.7 Å². The number of rotatable bonds is 5. The zero-order chi connectivity index (χ0) is 12.8. The number of nitrogens with one attached hydrogen (secondary N) is 1. The summed E-state index contributed by atoms with van der Waals surface area (Å²) in [6.07, 6.45) is 0.660. The van der Waals surface area contributed by atoms with Gasteiger partial charge in [0.05, 0.1) is 25.3 Å². The monoisotopic (exact) mass is 238 g/mol. The third-order valence-electron chi connectivity index (χ3n) is 2.52. The fourth-order valence-electron chi connectivity index (χ4n) is 1.44. The Bertz CT molecular complexity index is 389. The molecule has 0 bridgehead atoms. The number of anilines is 1. The second kappa shape index (κ2) is 6.10. The fourth-order valence-corrected chi connectivity index (χ4v) is 1.44. The summed E-state index contributed by atoms with van der Waals surface area (Å²) in [5.41, 5.74) is 6.50. The van der Waals surface area contributed by atoms with E-state index >= 15 is 0 Å². The van der Waals surface area contributed by atoms with Gasteiger partial charge in [-0.3, -0.25) is 4.79 Å². The minimum Gasteiger partial charge on any atom is -0.496 e. The summed E-state index contributed by atoms with van der Waals surface area (Å²) in [6, 6.07) is 4.61. The van der Waals surface area contributed by atoms with Crippen molar-refractivity contribution in [3.63, 3.8) is 0 Å². The van der Waals surface area contributed by atoms with Crippen LogP contribution in [0.4, 0.5) is 5.69 Å². The first-order valence-electron chi connectivity index (χ1n) is 5.47. The van der Waals surface area contributed by atoms with Crippen LogP contribution in [0.5, 0.6) is 5.75 Å². The Morgan fingerprint density at radius 3 is 2.82 bits per heavy atom. The molecule has 0 saturated heterocycles. The second-order valence-electron chi connectivity index (χ2n) is 3.72. The normalized spacial score (nSPS) is 11.9. The predicted molar refractivity (Wildman–Crippen MR) is 66.0 cm³/mol. The first kappa shape index (κ1) is 13.3. The molecule has 5 heteroatoms. The van der Waals surface area contributed by atoms with Crippen molar-refractivity contribution in [1.82, 2.24) is 5.32 Å². The van der Waals surface area contributed by atoms with Crippen molar-refractivity contribution in [2.45, 2.75) is 19.4 Å². The average molecular weight is 238 g/mol. The number of hydrogen-bond acceptors (Lipinski definition) is 4. The lowest BCUT2D eigenvalue weighted by Gasteiger charge is -2.15. The molecule has 1 atom stereocenters. The molecule has 1 aromatic rings. The van der Waals surface area contributed by atoms with E-state index in [1.165, 1.54) is 7.11 Å². The molecule has 0 aromatic heterocycles. The van der Waals surface area contributed by atoms with E-state index in [1.54, 1.807) is 18.2 Å². The smallest absolute Gasteiger partial charge is 0.255 e. The Labute approximate surface area is 101 Å². The van der Waals surface area contributed by atoms with Gasteiger partial charge >= 0.3 is 0 Å². The van der Waals surface area contributed by atoms with E-state index in [4.69, 9.17) is 15.6 Å². The molecule has 0 spiro atoms. The number of carbonyl (C=O) groups excluding carboxylic acids is 1. The minimum atomic E-state index is -0.296. The molecular formula is C12H18N2O3. The van der Waals surface area contributed by atoms with Gasteiger partial charge in [-0.05, 0) is 24.6 Å². The van der Waals surface area contributed by atoms with E-state index in [1.807, 2.05) is 6.92 Å². The number of carbonyl (C=O) groups is 1. The standard InChI is InChI=1S/C12H18N2O3/c1-3-9(7-15)14-12(16)10-6-8(13)4-5-11(10)17-2/h4-6,9,15H,3,7,13H2,1-2H3,(H,14,16)/t9-/m0/s1. The summed E-state index contributed by atoms with van der Waals surface area (Å²) < 4.78 is 5.09. The molecule has 0 saturated carbocycles. The Kier molecular flexibility index (Phi) is 4.78. The van der Waals surface area contributed by atoms with E-state index in [-0.39, 0.29) is 18.6 Å². The maximum atomic E-state index is 11.9. The van der Waals surface area contributed by atoms with Crippen LogP contribution >= 0.6 is 0 Å². The van der Waals surface area contributed by atoms with Crippen LogP contribution in [-0.4, -0.2) is 30.8 Å². The van der Waals surface area contributed by atoms with Crippen LogP contribution in [-0.2, 0) is 0 Å². The SMILES string of the molecule is CC[C@@H](CO)NC(=O)c1cc(N)ccc1OC. The number of ether oxygens (including phenoxy) is 1. The molecule has 4 N–H and O–H groups in total. The van der Waals surface area contributed by atoms with Crippen molar-refractivity contribution in [3.8, 4) is 5.75 Å². The molecule has 0 unspecified atom stereocenters. The van der Waals surface area contributed by atoms with Crippen molar-refractivity contribution < 1.29 is 14.6 Å². The van der Waals surface area contributed by atoms with Gasteiger partial charge < -0.3 is 20.9 Å². The Morgan fingerprint density at radius 2 is 2.29 bits per heavy atom. The largest absolute Gasteiger partial charge is 0.496 e. The number of amides is 1. The lowest BCUT2D eigenvalue weighted by Crippen LogP contribution is -2.37. The maximum absolute atomic E-state index is 11.9. The Morgan fingerprint density at radius 1 is 1.59 bits per heavy atom. The van der Waals surface area contributed by atoms with Gasteiger partial charge in [0.15, 0.2) is 0 Å². The highest BCUT2D eigenvalue weighted by molar-refractivity contribution is 5.98. The van der Waals surface area contributed by atoms with E-state index in [0.717, 1.165) is 0 Å². The zero-order valence-electron chi connectivity index (χ0n) is 10.1. The van der Waals surface area contributed by atoms with Crippen LogP contribution in [0.15, 0.2) is 18.2 Å². The molecule has 94 valence electrons. The van der Waals surface area contributed by atoms with Gasteiger partial charge in [-0.15, -0.1) is 0 Å². The van der Waals surface area contributed by atoms with Gasteiger partial charge in [0.25, 0.3) is 5.91 Å². The first-order valence-corrected chi connectivity index (χ1v) is 5.47. The van der Waals surface area contributed by atoms with Gasteiger partial charge in [0.1, 0.15) is 5.75 Å². The molecule has 0 radical (unpaired) electrons. The van der Waals surface area contributed by atoms with Gasteiger partial charge in [0.2, 0.25) is 0 Å². The number of benzene rings is 1. The Balaban J connectivity index is 2.90. The molecule has 5 nitrogen and oxygen atoms in total. The summed E-state index contributed by atoms with van der Waals surface area (Å²) in [4.78, 5) is 11.9. The highest BCUT2D eigenvalue weighted by atomic mass is 16.5. The second-order valence-corrected chi connectivity index (χ2v) is 3.72. The number of nitrogens with two attached hydrogens (primary N) is 1. The molecule has 0 fully saturated rings. The van der Waals surface area contributed by atoms with Crippen molar-refractivity contribution in [3.05, 3.63) is 23.8 Å². The van der Waals surface area contributed by atoms with Crippen molar-refractivity contribution in [2.24, 2.45) is 0 Å². The molecule has 0 heterocycles. The zero-order valence-corrected chi connectivity index (χ0v) is 10.1. The molecular weight excluding hydrogens is 220 g/mol. The van der Waals surface area contributed by atoms with E-state index in [0.29, 0.717) is 23.4 Å². The molecule has 17 heavy (non-hydrogen) atoms. The highest BCUT2D eigenvalue weighted by Gasteiger charge is 2.15. The van der Waals surface area contributed by atoms with Gasteiger partial charge in [-0.25, -0.2) is 0 Å². The third-order valence-corrected chi connectivity index (χ3v) is 2.52. The molecule has 0 aliphatic heterocycles. The topological polar surface area (TPSA) is 84.6 Å². The lowest BCUT2D eigenvalue weighted by atomic mass is 10.1. The van der Waals surface area contributed by atoms with Crippen LogP contribution in [0.25, 0.3) is 0 Å². The average Bonchev–Trinajstić information content (AvgIpc) is 2.35. The summed E-state index contributed by atoms with van der Waals surface area (Å²) in [7, 11) is 1.49. The minimum absolute atomic E-state index is 0.0904. The van der Waals surface area contributed by atoms with Crippen molar-refractivity contribution >= 4 is 11.6 Å². The number of aliphatic hydroxyl groups excluding tert-OH is 1. The molecule has 0 aliphatic carbocycles. The fraction of sp³-hybridized carbons (Fsp3) is 0.417. The van der Waals surface area contributed by atoms with Gasteiger partial charge in [0, 0.05) is 5.69 Å². The summed E-state index contributed by atoms with van der Waals surface area (Å²) in [5, 5.41) is 11.7. The lowest BCUT2D eigenvalue weighted by molar-refractivity contribution is 0.0912. The molecule has 1 aromatic carbocycles. The first-order chi connectivity index (χ1) is 8.12.